The van der Waals surface area contributed by atoms with Crippen LogP contribution in [0.25, 0.3) is 0 Å². The molecule has 6 heteroatoms. The number of allylic oxidation sites excluding steroid dienone is 3. The van der Waals surface area contributed by atoms with Crippen molar-refractivity contribution in [1.29, 1.82) is 0 Å². The van der Waals surface area contributed by atoms with Gasteiger partial charge < -0.3 is 10.6 Å². The molecule has 2 aromatic carbocycles. The van der Waals surface area contributed by atoms with Crippen LogP contribution < -0.4 is 10.6 Å². The maximum absolute atomic E-state index is 14.2. The summed E-state index contributed by atoms with van der Waals surface area (Å²) in [4.78, 5) is 26.9. The van der Waals surface area contributed by atoms with Crippen LogP contribution in [0.15, 0.2) is 94.0 Å². The number of hydrogen-bond donors (Lipinski definition) is 2. The Hall–Kier alpha value is -3.51. The van der Waals surface area contributed by atoms with E-state index in [0.29, 0.717) is 29.7 Å². The number of benzene rings is 2. The number of carbonyl (C=O) groups is 2. The third kappa shape index (κ3) is 4.02. The lowest BCUT2D eigenvalue weighted by Gasteiger charge is -2.36. The summed E-state index contributed by atoms with van der Waals surface area (Å²) in [5.41, 5.74) is 4.80. The second-order valence-corrected chi connectivity index (χ2v) is 9.20. The highest BCUT2D eigenvalue weighted by Gasteiger charge is 2.41. The van der Waals surface area contributed by atoms with E-state index in [4.69, 9.17) is 0 Å². The maximum Gasteiger partial charge on any atom is 0.254 e. The van der Waals surface area contributed by atoms with Gasteiger partial charge in [0.1, 0.15) is 5.82 Å². The number of carbonyl (C=O) groups excluding carboxylic acids is 2. The Morgan fingerprint density at radius 2 is 1.79 bits per heavy atom. The molecule has 0 saturated heterocycles. The molecule has 0 spiro atoms. The first kappa shape index (κ1) is 21.3. The molecule has 1 amide bonds. The van der Waals surface area contributed by atoms with E-state index in [0.717, 1.165) is 16.8 Å². The van der Waals surface area contributed by atoms with E-state index in [1.807, 2.05) is 41.9 Å². The van der Waals surface area contributed by atoms with Crippen LogP contribution in [0.2, 0.25) is 0 Å². The first-order valence-corrected chi connectivity index (χ1v) is 11.8. The van der Waals surface area contributed by atoms with Crippen molar-refractivity contribution in [3.8, 4) is 0 Å². The lowest BCUT2D eigenvalue weighted by atomic mass is 9.72. The van der Waals surface area contributed by atoms with Crippen LogP contribution in [0, 0.1) is 5.82 Å². The summed E-state index contributed by atoms with van der Waals surface area (Å²) in [7, 11) is 0. The van der Waals surface area contributed by atoms with E-state index in [-0.39, 0.29) is 17.4 Å². The molecule has 2 heterocycles. The SMILES string of the molecule is CC1=C(C(=O)Nc2ccccc2F)[C@@H](c2ccsc2)C2=C(C[C@@H](c3ccccc3)CC2=O)N1. The van der Waals surface area contributed by atoms with E-state index < -0.39 is 17.6 Å². The minimum atomic E-state index is -0.501. The predicted octanol–water partition coefficient (Wildman–Crippen LogP) is 5.89. The van der Waals surface area contributed by atoms with Gasteiger partial charge in [0.05, 0.1) is 5.69 Å². The predicted molar refractivity (Wildman–Crippen MR) is 128 cm³/mol. The average molecular weight is 459 g/mol. The molecule has 1 aliphatic carbocycles. The average Bonchev–Trinajstić information content (AvgIpc) is 3.35. The Bertz CT molecular complexity index is 1280. The van der Waals surface area contributed by atoms with Crippen molar-refractivity contribution < 1.29 is 14.0 Å². The van der Waals surface area contributed by atoms with E-state index >= 15 is 0 Å². The van der Waals surface area contributed by atoms with Crippen LogP contribution in [0.4, 0.5) is 10.1 Å². The van der Waals surface area contributed by atoms with Crippen LogP contribution in [-0.2, 0) is 9.59 Å². The smallest absolute Gasteiger partial charge is 0.254 e. The van der Waals surface area contributed by atoms with Gasteiger partial charge in [0.15, 0.2) is 5.78 Å². The molecule has 4 nitrogen and oxygen atoms in total. The molecule has 166 valence electrons. The first-order chi connectivity index (χ1) is 16.0. The van der Waals surface area contributed by atoms with E-state index in [1.165, 1.54) is 23.5 Å². The normalized spacial score (nSPS) is 20.4. The molecule has 0 radical (unpaired) electrons. The van der Waals surface area contributed by atoms with E-state index in [2.05, 4.69) is 22.8 Å². The van der Waals surface area contributed by atoms with Crippen molar-refractivity contribution in [3.05, 3.63) is 111 Å². The Labute approximate surface area is 195 Å². The molecule has 3 aromatic rings. The summed E-state index contributed by atoms with van der Waals surface area (Å²) in [5, 5.41) is 9.98. The number of amides is 1. The number of para-hydroxylation sites is 1. The van der Waals surface area contributed by atoms with Gasteiger partial charge in [-0.25, -0.2) is 4.39 Å². The third-order valence-corrected chi connectivity index (χ3v) is 7.04. The lowest BCUT2D eigenvalue weighted by Crippen LogP contribution is -2.37. The Kier molecular flexibility index (Phi) is 5.68. The first-order valence-electron chi connectivity index (χ1n) is 10.9. The Balaban J connectivity index is 1.54. The summed E-state index contributed by atoms with van der Waals surface area (Å²) >= 11 is 1.52. The fourth-order valence-electron chi connectivity index (χ4n) is 4.83. The van der Waals surface area contributed by atoms with Crippen molar-refractivity contribution in [3.63, 3.8) is 0 Å². The number of ketones is 1. The van der Waals surface area contributed by atoms with Crippen LogP contribution in [0.3, 0.4) is 0 Å². The number of halogens is 1. The quantitative estimate of drug-likeness (QED) is 0.513. The number of thiophene rings is 1. The van der Waals surface area contributed by atoms with Gasteiger partial charge in [-0.15, -0.1) is 0 Å². The summed E-state index contributed by atoms with van der Waals surface area (Å²) in [6, 6.07) is 18.1. The zero-order valence-corrected chi connectivity index (χ0v) is 18.9. The van der Waals surface area contributed by atoms with Crippen LogP contribution in [0.1, 0.15) is 42.7 Å². The molecule has 1 aliphatic heterocycles. The number of anilines is 1. The number of hydrogen-bond acceptors (Lipinski definition) is 4. The molecule has 0 fully saturated rings. The van der Waals surface area contributed by atoms with Crippen molar-refractivity contribution >= 4 is 28.7 Å². The van der Waals surface area contributed by atoms with Gasteiger partial charge in [-0.1, -0.05) is 42.5 Å². The van der Waals surface area contributed by atoms with Gasteiger partial charge in [-0.3, -0.25) is 9.59 Å². The second-order valence-electron chi connectivity index (χ2n) is 8.42. The van der Waals surface area contributed by atoms with E-state index in [9.17, 15) is 14.0 Å². The van der Waals surface area contributed by atoms with Crippen molar-refractivity contribution in [2.45, 2.75) is 31.6 Å². The van der Waals surface area contributed by atoms with Gasteiger partial charge in [-0.05, 0) is 59.3 Å². The minimum absolute atomic E-state index is 0.0393. The van der Waals surface area contributed by atoms with Crippen LogP contribution in [-0.4, -0.2) is 11.7 Å². The highest BCUT2D eigenvalue weighted by atomic mass is 32.1. The fourth-order valence-corrected chi connectivity index (χ4v) is 5.51. The van der Waals surface area contributed by atoms with Gasteiger partial charge in [-0.2, -0.15) is 11.3 Å². The van der Waals surface area contributed by atoms with Crippen molar-refractivity contribution in [1.82, 2.24) is 5.32 Å². The highest BCUT2D eigenvalue weighted by molar-refractivity contribution is 7.08. The van der Waals surface area contributed by atoms with Crippen molar-refractivity contribution in [2.24, 2.45) is 0 Å². The number of rotatable bonds is 4. The standard InChI is InChI=1S/C27H23FN2O2S/c1-16-24(27(32)30-21-10-6-5-9-20(21)28)25(18-11-12-33-15-18)26-22(29-16)13-19(14-23(26)31)17-7-3-2-4-8-17/h2-12,15,19,25,29H,13-14H2,1H3,(H,30,32)/t19-,25-/m1/s1. The van der Waals surface area contributed by atoms with E-state index in [1.54, 1.807) is 12.1 Å². The molecule has 33 heavy (non-hydrogen) atoms. The van der Waals surface area contributed by atoms with Gasteiger partial charge in [0, 0.05) is 34.9 Å². The molecule has 2 aliphatic rings. The number of Topliss-reactive ketones (excluding diaryl/α,β-unsaturated/α-hetero) is 1. The topological polar surface area (TPSA) is 58.2 Å². The fraction of sp³-hybridized carbons (Fsp3) is 0.185. The molecule has 2 atom stereocenters. The lowest BCUT2D eigenvalue weighted by molar-refractivity contribution is -0.116. The van der Waals surface area contributed by atoms with Gasteiger partial charge in [0.25, 0.3) is 5.91 Å². The monoisotopic (exact) mass is 458 g/mol. The maximum atomic E-state index is 14.2. The molecule has 1 aromatic heterocycles. The largest absolute Gasteiger partial charge is 0.362 e. The number of nitrogens with one attached hydrogen (secondary N) is 2. The zero-order valence-electron chi connectivity index (χ0n) is 18.1. The Morgan fingerprint density at radius 1 is 1.03 bits per heavy atom. The second kappa shape index (κ2) is 8.79. The summed E-state index contributed by atoms with van der Waals surface area (Å²) < 4.78 is 14.2. The van der Waals surface area contributed by atoms with Gasteiger partial charge in [0.2, 0.25) is 0 Å². The Morgan fingerprint density at radius 3 is 2.52 bits per heavy atom. The third-order valence-electron chi connectivity index (χ3n) is 6.34. The molecule has 0 bridgehead atoms. The zero-order chi connectivity index (χ0) is 22.9. The minimum Gasteiger partial charge on any atom is -0.362 e. The molecule has 2 N–H and O–H groups in total. The summed E-state index contributed by atoms with van der Waals surface area (Å²) in [6.45, 7) is 1.84. The molecular weight excluding hydrogens is 435 g/mol. The molecular formula is C27H23FN2O2S. The number of dihydropyridines is 1. The van der Waals surface area contributed by atoms with Crippen LogP contribution in [0.5, 0.6) is 0 Å². The summed E-state index contributed by atoms with van der Waals surface area (Å²) in [5.74, 6) is -1.26. The van der Waals surface area contributed by atoms with Gasteiger partial charge >= 0.3 is 0 Å². The van der Waals surface area contributed by atoms with Crippen molar-refractivity contribution in [2.75, 3.05) is 5.32 Å². The highest BCUT2D eigenvalue weighted by Crippen LogP contribution is 2.46. The molecule has 0 saturated carbocycles. The summed E-state index contributed by atoms with van der Waals surface area (Å²) in [6.07, 6.45) is 1.09. The molecule has 5 rings (SSSR count). The molecule has 0 unspecified atom stereocenters. The van der Waals surface area contributed by atoms with Crippen LogP contribution >= 0.6 is 11.3 Å².